The summed E-state index contributed by atoms with van der Waals surface area (Å²) in [6, 6.07) is 8.82. The van der Waals surface area contributed by atoms with E-state index in [0.717, 1.165) is 6.42 Å². The Labute approximate surface area is 136 Å². The molecule has 0 spiro atoms. The summed E-state index contributed by atoms with van der Waals surface area (Å²) in [5.74, 6) is 0.569. The average molecular weight is 316 g/mol. The van der Waals surface area contributed by atoms with Gasteiger partial charge in [0.05, 0.1) is 13.2 Å². The number of fused-ring (bicyclic) bond motifs is 3. The molecule has 124 valence electrons. The predicted octanol–water partition coefficient (Wildman–Crippen LogP) is 2.17. The van der Waals surface area contributed by atoms with Crippen LogP contribution < -0.4 is 10.6 Å². The fourth-order valence-electron chi connectivity index (χ4n) is 4.07. The zero-order chi connectivity index (χ0) is 15.9. The molecule has 2 amide bonds. The molecule has 1 saturated heterocycles. The molecule has 2 fully saturated rings. The molecule has 1 aliphatic heterocycles. The minimum Gasteiger partial charge on any atom is -0.348 e. The number of ether oxygens (including phenoxy) is 2. The van der Waals surface area contributed by atoms with Gasteiger partial charge in [-0.25, -0.2) is 4.79 Å². The van der Waals surface area contributed by atoms with E-state index in [0.29, 0.717) is 38.0 Å². The molecule has 0 bridgehead atoms. The quantitative estimate of drug-likeness (QED) is 0.895. The van der Waals surface area contributed by atoms with E-state index in [4.69, 9.17) is 9.47 Å². The van der Waals surface area contributed by atoms with E-state index in [9.17, 15) is 4.79 Å². The summed E-state index contributed by atoms with van der Waals surface area (Å²) in [6.07, 6.45) is 2.97. The predicted molar refractivity (Wildman–Crippen MR) is 86.2 cm³/mol. The lowest BCUT2D eigenvalue weighted by molar-refractivity contribution is -0.145. The van der Waals surface area contributed by atoms with Crippen LogP contribution in [-0.2, 0) is 15.9 Å². The van der Waals surface area contributed by atoms with Gasteiger partial charge in [0.1, 0.15) is 0 Å². The summed E-state index contributed by atoms with van der Waals surface area (Å²) in [7, 11) is 0. The Bertz CT molecular complexity index is 598. The highest BCUT2D eigenvalue weighted by Crippen LogP contribution is 2.54. The third-order valence-corrected chi connectivity index (χ3v) is 5.39. The van der Waals surface area contributed by atoms with E-state index < -0.39 is 5.79 Å². The zero-order valence-electron chi connectivity index (χ0n) is 13.5. The molecule has 1 saturated carbocycles. The fourth-order valence-corrected chi connectivity index (χ4v) is 4.07. The SMILES string of the molecule is CC1(CCNC(=O)N[C@@H]2[C@@H]3CCc4ccccc4[C@H]32)OCCO1. The van der Waals surface area contributed by atoms with Crippen molar-refractivity contribution in [3.8, 4) is 0 Å². The van der Waals surface area contributed by atoms with Gasteiger partial charge in [0.25, 0.3) is 0 Å². The van der Waals surface area contributed by atoms with Crippen LogP contribution in [0.2, 0.25) is 0 Å². The second-order valence-corrected chi connectivity index (χ2v) is 6.93. The monoisotopic (exact) mass is 316 g/mol. The van der Waals surface area contributed by atoms with Crippen molar-refractivity contribution in [2.24, 2.45) is 5.92 Å². The van der Waals surface area contributed by atoms with Gasteiger partial charge in [0, 0.05) is 24.9 Å². The van der Waals surface area contributed by atoms with E-state index in [2.05, 4.69) is 34.9 Å². The maximum Gasteiger partial charge on any atom is 0.315 e. The highest BCUT2D eigenvalue weighted by molar-refractivity contribution is 5.75. The first-order chi connectivity index (χ1) is 11.2. The average Bonchev–Trinajstić information content (AvgIpc) is 3.07. The van der Waals surface area contributed by atoms with Crippen LogP contribution in [0.4, 0.5) is 4.79 Å². The molecule has 1 heterocycles. The normalized spacial score (nSPS) is 30.2. The molecule has 3 atom stereocenters. The third-order valence-electron chi connectivity index (χ3n) is 5.39. The lowest BCUT2D eigenvalue weighted by Gasteiger charge is -2.22. The summed E-state index contributed by atoms with van der Waals surface area (Å²) >= 11 is 0. The largest absolute Gasteiger partial charge is 0.348 e. The van der Waals surface area contributed by atoms with Gasteiger partial charge in [-0.3, -0.25) is 0 Å². The summed E-state index contributed by atoms with van der Waals surface area (Å²) in [4.78, 5) is 12.1. The van der Waals surface area contributed by atoms with Crippen LogP contribution >= 0.6 is 0 Å². The lowest BCUT2D eigenvalue weighted by atomic mass is 9.92. The molecule has 5 heteroatoms. The van der Waals surface area contributed by atoms with Crippen molar-refractivity contribution >= 4 is 6.03 Å². The Morgan fingerprint density at radius 3 is 2.91 bits per heavy atom. The lowest BCUT2D eigenvalue weighted by Crippen LogP contribution is -2.40. The molecule has 1 aromatic carbocycles. The van der Waals surface area contributed by atoms with Gasteiger partial charge in [-0.1, -0.05) is 24.3 Å². The van der Waals surface area contributed by atoms with Gasteiger partial charge in [0.15, 0.2) is 5.79 Å². The van der Waals surface area contributed by atoms with E-state index in [1.165, 1.54) is 17.5 Å². The van der Waals surface area contributed by atoms with Gasteiger partial charge >= 0.3 is 6.03 Å². The van der Waals surface area contributed by atoms with E-state index >= 15 is 0 Å². The Hall–Kier alpha value is -1.59. The van der Waals surface area contributed by atoms with Crippen molar-refractivity contribution in [2.45, 2.75) is 43.9 Å². The number of nitrogens with one attached hydrogen (secondary N) is 2. The second kappa shape index (κ2) is 5.80. The van der Waals surface area contributed by atoms with Crippen LogP contribution in [0.1, 0.15) is 36.8 Å². The van der Waals surface area contributed by atoms with Gasteiger partial charge in [0.2, 0.25) is 0 Å². The number of aryl methyl sites for hydroxylation is 1. The summed E-state index contributed by atoms with van der Waals surface area (Å²) < 4.78 is 11.1. The van der Waals surface area contributed by atoms with Crippen LogP contribution in [0.25, 0.3) is 0 Å². The smallest absolute Gasteiger partial charge is 0.315 e. The van der Waals surface area contributed by atoms with Crippen molar-refractivity contribution in [2.75, 3.05) is 19.8 Å². The topological polar surface area (TPSA) is 59.6 Å². The minimum atomic E-state index is -0.542. The van der Waals surface area contributed by atoms with Crippen molar-refractivity contribution in [3.05, 3.63) is 35.4 Å². The number of benzene rings is 1. The fraction of sp³-hybridized carbons (Fsp3) is 0.611. The summed E-state index contributed by atoms with van der Waals surface area (Å²) in [5.41, 5.74) is 2.87. The van der Waals surface area contributed by atoms with Gasteiger partial charge in [-0.05, 0) is 36.8 Å². The van der Waals surface area contributed by atoms with Crippen LogP contribution in [0, 0.1) is 5.92 Å². The summed E-state index contributed by atoms with van der Waals surface area (Å²) in [6.45, 7) is 3.74. The molecule has 0 radical (unpaired) electrons. The van der Waals surface area contributed by atoms with E-state index in [-0.39, 0.29) is 12.1 Å². The number of amides is 2. The van der Waals surface area contributed by atoms with Gasteiger partial charge in [-0.2, -0.15) is 0 Å². The maximum atomic E-state index is 12.1. The molecule has 2 aliphatic carbocycles. The Kier molecular flexibility index (Phi) is 3.77. The van der Waals surface area contributed by atoms with Crippen molar-refractivity contribution in [1.82, 2.24) is 10.6 Å². The Morgan fingerprint density at radius 2 is 2.09 bits per heavy atom. The molecule has 3 aliphatic rings. The first-order valence-electron chi connectivity index (χ1n) is 8.56. The first kappa shape index (κ1) is 15.0. The molecule has 2 N–H and O–H groups in total. The first-order valence-corrected chi connectivity index (χ1v) is 8.56. The van der Waals surface area contributed by atoms with Crippen molar-refractivity contribution < 1.29 is 14.3 Å². The molecule has 0 unspecified atom stereocenters. The molecule has 5 nitrogen and oxygen atoms in total. The maximum absolute atomic E-state index is 12.1. The van der Waals surface area contributed by atoms with Crippen LogP contribution in [0.15, 0.2) is 24.3 Å². The Balaban J connectivity index is 1.26. The van der Waals surface area contributed by atoms with Gasteiger partial charge in [-0.15, -0.1) is 0 Å². The number of rotatable bonds is 4. The molecule has 1 aromatic rings. The number of hydrogen-bond acceptors (Lipinski definition) is 3. The Morgan fingerprint density at radius 1 is 1.30 bits per heavy atom. The van der Waals surface area contributed by atoms with Crippen LogP contribution in [0.5, 0.6) is 0 Å². The molecular weight excluding hydrogens is 292 g/mol. The molecular formula is C18H24N2O3. The standard InChI is InChI=1S/C18H24N2O3/c1-18(22-10-11-23-18)8-9-19-17(21)20-16-14-7-6-12-4-2-3-5-13(12)15(14)16/h2-5,14-16H,6-11H2,1H3,(H2,19,20,21)/t14-,15-,16-/m1/s1. The van der Waals surface area contributed by atoms with Crippen molar-refractivity contribution in [3.63, 3.8) is 0 Å². The van der Waals surface area contributed by atoms with Crippen LogP contribution in [0.3, 0.4) is 0 Å². The molecule has 4 rings (SSSR count). The minimum absolute atomic E-state index is 0.0801. The molecule has 0 aromatic heterocycles. The van der Waals surface area contributed by atoms with Crippen LogP contribution in [-0.4, -0.2) is 37.6 Å². The summed E-state index contributed by atoms with van der Waals surface area (Å²) in [5, 5.41) is 6.07. The molecule has 23 heavy (non-hydrogen) atoms. The number of carbonyl (C=O) groups is 1. The van der Waals surface area contributed by atoms with Crippen molar-refractivity contribution in [1.29, 1.82) is 0 Å². The van der Waals surface area contributed by atoms with Gasteiger partial charge < -0.3 is 20.1 Å². The second-order valence-electron chi connectivity index (χ2n) is 6.93. The van der Waals surface area contributed by atoms with E-state index in [1.54, 1.807) is 0 Å². The number of carbonyl (C=O) groups excluding carboxylic acids is 1. The highest BCUT2D eigenvalue weighted by atomic mass is 16.7. The van der Waals surface area contributed by atoms with E-state index in [1.807, 2.05) is 6.92 Å². The number of urea groups is 1. The highest BCUT2D eigenvalue weighted by Gasteiger charge is 2.53. The zero-order valence-corrected chi connectivity index (χ0v) is 13.5. The third kappa shape index (κ3) is 2.95. The number of hydrogen-bond donors (Lipinski definition) is 2.